The van der Waals surface area contributed by atoms with Crippen molar-refractivity contribution < 1.29 is 9.13 Å². The Balaban J connectivity index is 2.71. The summed E-state index contributed by atoms with van der Waals surface area (Å²) in [5.74, 6) is -0.139. The van der Waals surface area contributed by atoms with Crippen LogP contribution in [0.25, 0.3) is 0 Å². The number of rotatable bonds is 9. The molecule has 1 N–H and O–H groups in total. The number of anilines is 1. The molecule has 0 saturated carbocycles. The van der Waals surface area contributed by atoms with Gasteiger partial charge in [-0.2, -0.15) is 0 Å². The molecule has 0 radical (unpaired) electrons. The van der Waals surface area contributed by atoms with Gasteiger partial charge in [-0.25, -0.2) is 4.39 Å². The Bertz CT molecular complexity index is 371. The molecule has 0 aliphatic rings. The molecule has 0 bridgehead atoms. The highest BCUT2D eigenvalue weighted by molar-refractivity contribution is 5.53. The maximum atomic E-state index is 13.9. The van der Waals surface area contributed by atoms with E-state index in [4.69, 9.17) is 4.74 Å². The van der Waals surface area contributed by atoms with Gasteiger partial charge in [0.1, 0.15) is 5.82 Å². The molecule has 1 aromatic rings. The van der Waals surface area contributed by atoms with Crippen LogP contribution in [-0.4, -0.2) is 33.9 Å². The van der Waals surface area contributed by atoms with E-state index in [2.05, 4.69) is 17.1 Å². The van der Waals surface area contributed by atoms with E-state index in [1.54, 1.807) is 13.2 Å². The Hall–Kier alpha value is -1.13. The lowest BCUT2D eigenvalue weighted by Gasteiger charge is -2.23. The normalized spacial score (nSPS) is 10.7. The molecule has 1 rings (SSSR count). The third-order valence-electron chi connectivity index (χ3n) is 3.08. The molecule has 0 saturated heterocycles. The van der Waals surface area contributed by atoms with E-state index in [0.717, 1.165) is 43.8 Å². The third-order valence-corrected chi connectivity index (χ3v) is 3.08. The van der Waals surface area contributed by atoms with E-state index in [0.29, 0.717) is 6.54 Å². The summed E-state index contributed by atoms with van der Waals surface area (Å²) in [5.41, 5.74) is 1.70. The summed E-state index contributed by atoms with van der Waals surface area (Å²) < 4.78 is 19.0. The van der Waals surface area contributed by atoms with Gasteiger partial charge in [0.25, 0.3) is 0 Å². The first-order valence-corrected chi connectivity index (χ1v) is 6.88. The van der Waals surface area contributed by atoms with Crippen LogP contribution in [0.4, 0.5) is 10.1 Å². The molecule has 0 unspecified atom stereocenters. The number of nitrogens with zero attached hydrogens (tertiary/aromatic N) is 1. The number of hydrogen-bond acceptors (Lipinski definition) is 3. The first-order chi connectivity index (χ1) is 9.20. The minimum Gasteiger partial charge on any atom is -0.385 e. The zero-order valence-corrected chi connectivity index (χ0v) is 12.2. The number of halogens is 1. The van der Waals surface area contributed by atoms with Crippen molar-refractivity contribution in [3.05, 3.63) is 29.6 Å². The maximum Gasteiger partial charge on any atom is 0.129 e. The van der Waals surface area contributed by atoms with Crippen LogP contribution in [0.15, 0.2) is 18.2 Å². The van der Waals surface area contributed by atoms with Gasteiger partial charge in [-0.1, -0.05) is 13.0 Å². The summed E-state index contributed by atoms with van der Waals surface area (Å²) in [5, 5.41) is 3.26. The Labute approximate surface area is 115 Å². The number of nitrogens with one attached hydrogen (secondary N) is 1. The Morgan fingerprint density at radius 2 is 2.16 bits per heavy atom. The lowest BCUT2D eigenvalue weighted by atomic mass is 10.1. The largest absolute Gasteiger partial charge is 0.385 e. The fraction of sp³-hybridized carbons (Fsp3) is 0.600. The monoisotopic (exact) mass is 268 g/mol. The van der Waals surface area contributed by atoms with Crippen LogP contribution >= 0.6 is 0 Å². The predicted molar refractivity (Wildman–Crippen MR) is 78.2 cm³/mol. The zero-order valence-electron chi connectivity index (χ0n) is 12.2. The van der Waals surface area contributed by atoms with Gasteiger partial charge in [0, 0.05) is 45.1 Å². The van der Waals surface area contributed by atoms with E-state index in [1.807, 2.05) is 13.1 Å². The van der Waals surface area contributed by atoms with E-state index in [9.17, 15) is 4.39 Å². The summed E-state index contributed by atoms with van der Waals surface area (Å²) >= 11 is 0. The molecular weight excluding hydrogens is 243 g/mol. The summed E-state index contributed by atoms with van der Waals surface area (Å²) in [4.78, 5) is 2.09. The van der Waals surface area contributed by atoms with Crippen LogP contribution in [0, 0.1) is 5.82 Å². The quantitative estimate of drug-likeness (QED) is 0.697. The van der Waals surface area contributed by atoms with Gasteiger partial charge in [-0.3, -0.25) is 0 Å². The average Bonchev–Trinajstić information content (AvgIpc) is 2.41. The molecule has 0 aliphatic carbocycles. The van der Waals surface area contributed by atoms with Crippen molar-refractivity contribution in [2.24, 2.45) is 0 Å². The van der Waals surface area contributed by atoms with Gasteiger partial charge in [0.05, 0.1) is 0 Å². The first-order valence-electron chi connectivity index (χ1n) is 6.88. The molecule has 0 amide bonds. The van der Waals surface area contributed by atoms with Crippen LogP contribution in [0.1, 0.15) is 25.3 Å². The minimum absolute atomic E-state index is 0.139. The highest BCUT2D eigenvalue weighted by Crippen LogP contribution is 2.22. The molecule has 108 valence electrons. The van der Waals surface area contributed by atoms with Crippen molar-refractivity contribution in [3.63, 3.8) is 0 Å². The van der Waals surface area contributed by atoms with Crippen LogP contribution in [-0.2, 0) is 11.3 Å². The Morgan fingerprint density at radius 3 is 2.84 bits per heavy atom. The SMILES string of the molecule is CCCNCc1c(F)cccc1N(C)CCCOC. The second kappa shape index (κ2) is 8.88. The standard InChI is InChI=1S/C15H25FN2O/c1-4-9-17-12-13-14(16)7-5-8-15(13)18(2)10-6-11-19-3/h5,7-8,17H,4,6,9-12H2,1-3H3. The summed E-state index contributed by atoms with van der Waals surface area (Å²) in [6, 6.07) is 5.26. The van der Waals surface area contributed by atoms with Gasteiger partial charge in [-0.05, 0) is 31.5 Å². The van der Waals surface area contributed by atoms with E-state index in [-0.39, 0.29) is 5.82 Å². The van der Waals surface area contributed by atoms with Crippen LogP contribution < -0.4 is 10.2 Å². The second-order valence-electron chi connectivity index (χ2n) is 4.68. The average molecular weight is 268 g/mol. The fourth-order valence-corrected chi connectivity index (χ4v) is 2.04. The Kier molecular flexibility index (Phi) is 7.45. The molecule has 0 heterocycles. The summed E-state index contributed by atoms with van der Waals surface area (Å²) in [6.45, 7) is 5.17. The molecular formula is C15H25FN2O. The number of hydrogen-bond donors (Lipinski definition) is 1. The highest BCUT2D eigenvalue weighted by Gasteiger charge is 2.11. The van der Waals surface area contributed by atoms with Crippen LogP contribution in [0.3, 0.4) is 0 Å². The Morgan fingerprint density at radius 1 is 1.37 bits per heavy atom. The van der Waals surface area contributed by atoms with Crippen LogP contribution in [0.5, 0.6) is 0 Å². The van der Waals surface area contributed by atoms with Gasteiger partial charge in [0.2, 0.25) is 0 Å². The van der Waals surface area contributed by atoms with Crippen LogP contribution in [0.2, 0.25) is 0 Å². The van der Waals surface area contributed by atoms with Gasteiger partial charge < -0.3 is 15.0 Å². The minimum atomic E-state index is -0.139. The summed E-state index contributed by atoms with van der Waals surface area (Å²) in [7, 11) is 3.69. The molecule has 19 heavy (non-hydrogen) atoms. The van der Waals surface area contributed by atoms with E-state index in [1.165, 1.54) is 6.07 Å². The smallest absolute Gasteiger partial charge is 0.129 e. The molecule has 4 heteroatoms. The van der Waals surface area contributed by atoms with Crippen molar-refractivity contribution in [1.29, 1.82) is 0 Å². The highest BCUT2D eigenvalue weighted by atomic mass is 19.1. The molecule has 3 nitrogen and oxygen atoms in total. The van der Waals surface area contributed by atoms with Crippen molar-refractivity contribution in [2.75, 3.05) is 38.8 Å². The van der Waals surface area contributed by atoms with E-state index < -0.39 is 0 Å². The number of methoxy groups -OCH3 is 1. The molecule has 1 aromatic carbocycles. The topological polar surface area (TPSA) is 24.5 Å². The van der Waals surface area contributed by atoms with Gasteiger partial charge >= 0.3 is 0 Å². The number of benzene rings is 1. The first kappa shape index (κ1) is 15.9. The zero-order chi connectivity index (χ0) is 14.1. The molecule has 0 spiro atoms. The second-order valence-corrected chi connectivity index (χ2v) is 4.68. The predicted octanol–water partition coefficient (Wildman–Crippen LogP) is 2.80. The lowest BCUT2D eigenvalue weighted by Crippen LogP contribution is -2.24. The van der Waals surface area contributed by atoms with Crippen molar-refractivity contribution in [1.82, 2.24) is 5.32 Å². The third kappa shape index (κ3) is 5.17. The number of ether oxygens (including phenoxy) is 1. The summed E-state index contributed by atoms with van der Waals surface area (Å²) in [6.07, 6.45) is 1.98. The molecule has 0 aliphatic heterocycles. The van der Waals surface area contributed by atoms with Crippen molar-refractivity contribution in [3.8, 4) is 0 Å². The lowest BCUT2D eigenvalue weighted by molar-refractivity contribution is 0.196. The van der Waals surface area contributed by atoms with E-state index >= 15 is 0 Å². The molecule has 0 fully saturated rings. The van der Waals surface area contributed by atoms with Crippen molar-refractivity contribution >= 4 is 5.69 Å². The maximum absolute atomic E-state index is 13.9. The molecule has 0 atom stereocenters. The molecule has 0 aromatic heterocycles. The van der Waals surface area contributed by atoms with Crippen molar-refractivity contribution in [2.45, 2.75) is 26.3 Å². The van der Waals surface area contributed by atoms with Gasteiger partial charge in [-0.15, -0.1) is 0 Å². The fourth-order valence-electron chi connectivity index (χ4n) is 2.04. The van der Waals surface area contributed by atoms with Gasteiger partial charge in [0.15, 0.2) is 0 Å².